The average Bonchev–Trinajstić information content (AvgIpc) is 2.76. The maximum absolute atomic E-state index is 3.57. The van der Waals surface area contributed by atoms with Crippen molar-refractivity contribution in [1.29, 1.82) is 0 Å². The molecule has 0 N–H and O–H groups in total. The second-order valence-corrected chi connectivity index (χ2v) is 5.59. The highest BCUT2D eigenvalue weighted by molar-refractivity contribution is 9.10. The smallest absolute Gasteiger partial charge is 0.0594 e. The monoisotopic (exact) mass is 303 g/mol. The SMILES string of the molecule is Brc1ccccc1Sn1ccc2ccccc21. The van der Waals surface area contributed by atoms with Crippen LogP contribution in [0.3, 0.4) is 0 Å². The third-order valence-electron chi connectivity index (χ3n) is 2.60. The van der Waals surface area contributed by atoms with E-state index < -0.39 is 0 Å². The van der Waals surface area contributed by atoms with Gasteiger partial charge in [0.15, 0.2) is 0 Å². The van der Waals surface area contributed by atoms with Gasteiger partial charge >= 0.3 is 0 Å². The largest absolute Gasteiger partial charge is 0.287 e. The fourth-order valence-electron chi connectivity index (χ4n) is 1.76. The lowest BCUT2D eigenvalue weighted by molar-refractivity contribution is 1.30. The van der Waals surface area contributed by atoms with Gasteiger partial charge in [-0.15, -0.1) is 0 Å². The van der Waals surface area contributed by atoms with Gasteiger partial charge in [0.25, 0.3) is 0 Å². The van der Waals surface area contributed by atoms with Crippen LogP contribution in [0.5, 0.6) is 0 Å². The maximum Gasteiger partial charge on any atom is 0.0594 e. The predicted molar refractivity (Wildman–Crippen MR) is 77.3 cm³/mol. The van der Waals surface area contributed by atoms with Crippen LogP contribution in [0.15, 0.2) is 70.2 Å². The highest BCUT2D eigenvalue weighted by Gasteiger charge is 2.04. The van der Waals surface area contributed by atoms with Crippen LogP contribution in [-0.4, -0.2) is 3.97 Å². The first-order valence-electron chi connectivity index (χ1n) is 5.33. The molecule has 0 spiro atoms. The van der Waals surface area contributed by atoms with Crippen molar-refractivity contribution in [2.75, 3.05) is 0 Å². The van der Waals surface area contributed by atoms with Gasteiger partial charge < -0.3 is 0 Å². The maximum atomic E-state index is 3.57. The highest BCUT2D eigenvalue weighted by Crippen LogP contribution is 2.31. The molecule has 0 radical (unpaired) electrons. The van der Waals surface area contributed by atoms with Crippen LogP contribution in [0.4, 0.5) is 0 Å². The minimum absolute atomic E-state index is 1.13. The molecule has 2 aromatic carbocycles. The molecular weight excluding hydrogens is 294 g/mol. The lowest BCUT2D eigenvalue weighted by Gasteiger charge is -2.05. The van der Waals surface area contributed by atoms with E-state index in [0.29, 0.717) is 0 Å². The number of para-hydroxylation sites is 1. The van der Waals surface area contributed by atoms with E-state index in [-0.39, 0.29) is 0 Å². The van der Waals surface area contributed by atoms with Gasteiger partial charge in [-0.05, 0) is 52.1 Å². The summed E-state index contributed by atoms with van der Waals surface area (Å²) in [6.07, 6.45) is 2.11. The molecule has 17 heavy (non-hydrogen) atoms. The Morgan fingerprint density at radius 1 is 0.882 bits per heavy atom. The molecule has 3 aromatic rings. The van der Waals surface area contributed by atoms with Crippen LogP contribution in [0.1, 0.15) is 0 Å². The topological polar surface area (TPSA) is 4.93 Å². The first-order chi connectivity index (χ1) is 8.34. The zero-order valence-electron chi connectivity index (χ0n) is 9.01. The standard InChI is InChI=1S/C14H10BrNS/c15-12-6-2-4-8-14(12)17-16-10-9-11-5-1-3-7-13(11)16/h1-10H. The van der Waals surface area contributed by atoms with Crippen LogP contribution < -0.4 is 0 Å². The third-order valence-corrected chi connectivity index (χ3v) is 4.62. The Balaban J connectivity index is 2.03. The van der Waals surface area contributed by atoms with Gasteiger partial charge in [-0.25, -0.2) is 0 Å². The van der Waals surface area contributed by atoms with Crippen molar-refractivity contribution < 1.29 is 0 Å². The van der Waals surface area contributed by atoms with Crippen LogP contribution >= 0.6 is 27.9 Å². The van der Waals surface area contributed by atoms with Gasteiger partial charge in [0.2, 0.25) is 0 Å². The molecule has 0 saturated carbocycles. The van der Waals surface area contributed by atoms with E-state index in [4.69, 9.17) is 0 Å². The van der Waals surface area contributed by atoms with E-state index in [1.165, 1.54) is 15.8 Å². The van der Waals surface area contributed by atoms with Crippen LogP contribution in [0.25, 0.3) is 10.9 Å². The summed E-state index contributed by atoms with van der Waals surface area (Å²) in [5, 5.41) is 1.27. The number of benzene rings is 2. The summed E-state index contributed by atoms with van der Waals surface area (Å²) < 4.78 is 3.32. The fraction of sp³-hybridized carbons (Fsp3) is 0. The van der Waals surface area contributed by atoms with Gasteiger partial charge in [-0.2, -0.15) is 0 Å². The van der Waals surface area contributed by atoms with E-state index in [1.54, 1.807) is 11.9 Å². The summed E-state index contributed by atoms with van der Waals surface area (Å²) in [5.74, 6) is 0. The second-order valence-electron chi connectivity index (χ2n) is 3.72. The molecule has 1 aromatic heterocycles. The number of nitrogens with zero attached hydrogens (tertiary/aromatic N) is 1. The van der Waals surface area contributed by atoms with E-state index in [2.05, 4.69) is 74.6 Å². The summed E-state index contributed by atoms with van der Waals surface area (Å²) >= 11 is 5.29. The van der Waals surface area contributed by atoms with Crippen molar-refractivity contribution >= 4 is 38.8 Å². The Labute approximate surface area is 113 Å². The normalized spacial score (nSPS) is 10.9. The summed E-state index contributed by atoms with van der Waals surface area (Å²) in [6.45, 7) is 0. The summed E-state index contributed by atoms with van der Waals surface area (Å²) in [6, 6.07) is 18.8. The zero-order chi connectivity index (χ0) is 11.7. The van der Waals surface area contributed by atoms with Crippen molar-refractivity contribution in [1.82, 2.24) is 3.97 Å². The lowest BCUT2D eigenvalue weighted by Crippen LogP contribution is -1.84. The molecule has 84 valence electrons. The van der Waals surface area contributed by atoms with Gasteiger partial charge in [0, 0.05) is 21.0 Å². The molecule has 0 aliphatic carbocycles. The Bertz CT molecular complexity index is 660. The Morgan fingerprint density at radius 3 is 2.53 bits per heavy atom. The van der Waals surface area contributed by atoms with E-state index in [0.717, 1.165) is 4.47 Å². The minimum atomic E-state index is 1.13. The average molecular weight is 304 g/mol. The summed E-state index contributed by atoms with van der Waals surface area (Å²) in [4.78, 5) is 1.22. The molecule has 1 nitrogen and oxygen atoms in total. The van der Waals surface area contributed by atoms with Crippen LogP contribution in [0.2, 0.25) is 0 Å². The van der Waals surface area contributed by atoms with Crippen LogP contribution in [-0.2, 0) is 0 Å². The van der Waals surface area contributed by atoms with Crippen molar-refractivity contribution in [3.8, 4) is 0 Å². The van der Waals surface area contributed by atoms with E-state index in [1.807, 2.05) is 6.07 Å². The van der Waals surface area contributed by atoms with Crippen molar-refractivity contribution in [3.63, 3.8) is 0 Å². The summed E-state index contributed by atoms with van der Waals surface area (Å²) in [7, 11) is 0. The van der Waals surface area contributed by atoms with Crippen molar-refractivity contribution in [2.45, 2.75) is 4.90 Å². The van der Waals surface area contributed by atoms with E-state index in [9.17, 15) is 0 Å². The Hall–Kier alpha value is -1.19. The number of hydrogen-bond acceptors (Lipinski definition) is 1. The number of aromatic nitrogens is 1. The van der Waals surface area contributed by atoms with Gasteiger partial charge in [0.05, 0.1) is 5.52 Å². The predicted octanol–water partition coefficient (Wildman–Crippen LogP) is 4.96. The molecule has 0 aliphatic rings. The lowest BCUT2D eigenvalue weighted by atomic mass is 10.3. The minimum Gasteiger partial charge on any atom is -0.287 e. The van der Waals surface area contributed by atoms with Gasteiger partial charge in [-0.1, -0.05) is 30.3 Å². The van der Waals surface area contributed by atoms with Crippen LogP contribution in [0, 0.1) is 0 Å². The highest BCUT2D eigenvalue weighted by atomic mass is 79.9. The first-order valence-corrected chi connectivity index (χ1v) is 6.90. The quantitative estimate of drug-likeness (QED) is 0.648. The van der Waals surface area contributed by atoms with E-state index >= 15 is 0 Å². The molecule has 0 atom stereocenters. The van der Waals surface area contributed by atoms with Gasteiger partial charge in [-0.3, -0.25) is 3.97 Å². The fourth-order valence-corrected chi connectivity index (χ4v) is 3.16. The number of rotatable bonds is 2. The number of hydrogen-bond donors (Lipinski definition) is 0. The Morgan fingerprint density at radius 2 is 1.65 bits per heavy atom. The molecule has 0 unspecified atom stereocenters. The second kappa shape index (κ2) is 4.59. The molecule has 0 amide bonds. The third kappa shape index (κ3) is 2.13. The Kier molecular flexibility index (Phi) is 2.95. The zero-order valence-corrected chi connectivity index (χ0v) is 11.4. The number of fused-ring (bicyclic) bond motifs is 1. The molecule has 3 rings (SSSR count). The number of halogens is 1. The van der Waals surface area contributed by atoms with Gasteiger partial charge in [0.1, 0.15) is 0 Å². The molecule has 0 saturated heterocycles. The molecule has 0 fully saturated rings. The first kappa shape index (κ1) is 10.9. The molecular formula is C14H10BrNS. The van der Waals surface area contributed by atoms with Crippen molar-refractivity contribution in [3.05, 3.63) is 65.3 Å². The molecule has 0 aliphatic heterocycles. The summed E-state index contributed by atoms with van der Waals surface area (Å²) in [5.41, 5.74) is 1.24. The molecule has 3 heteroatoms. The molecule has 0 bridgehead atoms. The molecule has 1 heterocycles. The van der Waals surface area contributed by atoms with Crippen molar-refractivity contribution in [2.24, 2.45) is 0 Å².